The Labute approximate surface area is 228 Å². The van der Waals surface area contributed by atoms with Crippen molar-refractivity contribution in [3.8, 4) is 5.75 Å². The molecule has 2 amide bonds. The molecule has 0 unspecified atom stereocenters. The summed E-state index contributed by atoms with van der Waals surface area (Å²) < 4.78 is 31.0. The summed E-state index contributed by atoms with van der Waals surface area (Å²) in [5.74, 6) is 0.116. The van der Waals surface area contributed by atoms with E-state index in [-0.39, 0.29) is 24.7 Å². The molecule has 10 heteroatoms. The molecular weight excluding hydrogens is 503 g/mol. The Hall–Kier alpha value is -3.40. The first-order valence-corrected chi connectivity index (χ1v) is 13.6. The molecule has 0 bridgehead atoms. The average Bonchev–Trinajstić information content (AvgIpc) is 2.91. The molecule has 2 aromatic rings. The largest absolute Gasteiger partial charge is 0.490 e. The van der Waals surface area contributed by atoms with Crippen LogP contribution < -0.4 is 14.5 Å². The monoisotopic (exact) mass is 540 g/mol. The summed E-state index contributed by atoms with van der Waals surface area (Å²) in [7, 11) is 0. The van der Waals surface area contributed by atoms with Gasteiger partial charge in [0.2, 0.25) is 5.95 Å². The summed E-state index contributed by atoms with van der Waals surface area (Å²) in [5.41, 5.74) is 0.794. The summed E-state index contributed by atoms with van der Waals surface area (Å²) in [5, 5.41) is 0. The Morgan fingerprint density at radius 3 is 2.31 bits per heavy atom. The maximum atomic E-state index is 13.3. The summed E-state index contributed by atoms with van der Waals surface area (Å²) in [6.45, 7) is 8.91. The van der Waals surface area contributed by atoms with Gasteiger partial charge in [0.25, 0.3) is 5.91 Å². The van der Waals surface area contributed by atoms with Gasteiger partial charge in [-0.3, -0.25) is 4.79 Å². The zero-order valence-corrected chi connectivity index (χ0v) is 22.9. The molecule has 1 spiro atoms. The van der Waals surface area contributed by atoms with Crippen molar-refractivity contribution in [1.82, 2.24) is 9.88 Å². The topological polar surface area (TPSA) is 84.4 Å². The van der Waals surface area contributed by atoms with Crippen molar-refractivity contribution in [3.63, 3.8) is 0 Å². The molecule has 3 saturated heterocycles. The predicted octanol–water partition coefficient (Wildman–Crippen LogP) is 4.40. The first kappa shape index (κ1) is 27.2. The van der Waals surface area contributed by atoms with E-state index < -0.39 is 17.1 Å². The van der Waals surface area contributed by atoms with Crippen LogP contribution >= 0.6 is 0 Å². The predicted molar refractivity (Wildman–Crippen MR) is 145 cm³/mol. The van der Waals surface area contributed by atoms with Gasteiger partial charge in [-0.05, 0) is 70.0 Å². The van der Waals surface area contributed by atoms with Gasteiger partial charge in [0.15, 0.2) is 0 Å². The second kappa shape index (κ2) is 11.0. The number of carbonyl (C=O) groups is 2. The lowest BCUT2D eigenvalue weighted by molar-refractivity contribution is -0.141. The molecule has 0 atom stereocenters. The second-order valence-electron chi connectivity index (χ2n) is 11.6. The Bertz CT molecular complexity index is 1150. The lowest BCUT2D eigenvalue weighted by Gasteiger charge is -2.47. The number of likely N-dealkylation sites (tertiary alicyclic amines) is 1. The third kappa shape index (κ3) is 6.61. The molecular formula is C29H37FN4O5. The van der Waals surface area contributed by atoms with Crippen LogP contribution in [0.4, 0.5) is 20.6 Å². The number of aromatic nitrogens is 1. The fourth-order valence-corrected chi connectivity index (χ4v) is 5.36. The standard InChI is InChI=1S/C29H37FN4O5/c1-28(2,3)39-27(36)33-14-10-24(11-15-33)38-23-7-4-21(5-8-23)32-16-12-29(13-17-32)20-34(26(35)19-37-29)22-6-9-25(30)31-18-22/h4-9,18,24H,10-17,19-20H2,1-3H3. The highest BCUT2D eigenvalue weighted by Crippen LogP contribution is 2.35. The van der Waals surface area contributed by atoms with E-state index in [1.807, 2.05) is 32.9 Å². The van der Waals surface area contributed by atoms with Crippen LogP contribution in [0.25, 0.3) is 0 Å². The van der Waals surface area contributed by atoms with Crippen molar-refractivity contribution in [2.75, 3.05) is 49.1 Å². The van der Waals surface area contributed by atoms with E-state index >= 15 is 0 Å². The molecule has 0 saturated carbocycles. The number of hydrogen-bond acceptors (Lipinski definition) is 7. The molecule has 5 rings (SSSR count). The van der Waals surface area contributed by atoms with Crippen molar-refractivity contribution in [2.45, 2.75) is 63.8 Å². The first-order chi connectivity index (χ1) is 18.6. The Balaban J connectivity index is 1.11. The third-order valence-electron chi connectivity index (χ3n) is 7.55. The molecule has 3 aliphatic heterocycles. The number of pyridine rings is 1. The number of hydrogen-bond donors (Lipinski definition) is 0. The molecule has 3 aliphatic rings. The van der Waals surface area contributed by atoms with Gasteiger partial charge < -0.3 is 28.9 Å². The molecule has 0 radical (unpaired) electrons. The van der Waals surface area contributed by atoms with Crippen LogP contribution in [0.2, 0.25) is 0 Å². The zero-order valence-electron chi connectivity index (χ0n) is 22.9. The minimum absolute atomic E-state index is 0.0140. The molecule has 3 fully saturated rings. The third-order valence-corrected chi connectivity index (χ3v) is 7.55. The highest BCUT2D eigenvalue weighted by Gasteiger charge is 2.43. The number of ether oxygens (including phenoxy) is 3. The first-order valence-electron chi connectivity index (χ1n) is 13.6. The van der Waals surface area contributed by atoms with Crippen LogP contribution in [0.5, 0.6) is 5.75 Å². The summed E-state index contributed by atoms with van der Waals surface area (Å²) in [6.07, 6.45) is 4.29. The zero-order chi connectivity index (χ0) is 27.6. The van der Waals surface area contributed by atoms with Crippen molar-refractivity contribution in [1.29, 1.82) is 0 Å². The van der Waals surface area contributed by atoms with E-state index in [0.717, 1.165) is 50.2 Å². The second-order valence-corrected chi connectivity index (χ2v) is 11.6. The van der Waals surface area contributed by atoms with Crippen LogP contribution in [0.3, 0.4) is 0 Å². The molecule has 9 nitrogen and oxygen atoms in total. The Morgan fingerprint density at radius 1 is 1.03 bits per heavy atom. The highest BCUT2D eigenvalue weighted by molar-refractivity contribution is 5.95. The van der Waals surface area contributed by atoms with Crippen molar-refractivity contribution in [3.05, 3.63) is 48.5 Å². The van der Waals surface area contributed by atoms with E-state index in [4.69, 9.17) is 14.2 Å². The van der Waals surface area contributed by atoms with Gasteiger partial charge in [0.1, 0.15) is 24.1 Å². The van der Waals surface area contributed by atoms with E-state index in [9.17, 15) is 14.0 Å². The van der Waals surface area contributed by atoms with Gasteiger partial charge in [-0.1, -0.05) is 0 Å². The number of piperidine rings is 2. The fourth-order valence-electron chi connectivity index (χ4n) is 5.36. The maximum absolute atomic E-state index is 13.3. The Morgan fingerprint density at radius 2 is 1.69 bits per heavy atom. The molecule has 1 aromatic heterocycles. The SMILES string of the molecule is CC(C)(C)OC(=O)N1CCC(Oc2ccc(N3CCC4(CC3)CN(c3ccc(F)nc3)C(=O)CO4)cc2)CC1. The summed E-state index contributed by atoms with van der Waals surface area (Å²) in [6, 6.07) is 11.0. The number of nitrogens with zero attached hydrogens (tertiary/aromatic N) is 4. The minimum Gasteiger partial charge on any atom is -0.490 e. The fraction of sp³-hybridized carbons (Fsp3) is 0.552. The van der Waals surface area contributed by atoms with E-state index in [2.05, 4.69) is 22.0 Å². The van der Waals surface area contributed by atoms with Gasteiger partial charge in [-0.15, -0.1) is 0 Å². The lowest BCUT2D eigenvalue weighted by Crippen LogP contribution is -2.59. The smallest absolute Gasteiger partial charge is 0.410 e. The van der Waals surface area contributed by atoms with Crippen LogP contribution in [0.1, 0.15) is 46.5 Å². The van der Waals surface area contributed by atoms with Gasteiger partial charge in [-0.25, -0.2) is 9.78 Å². The van der Waals surface area contributed by atoms with Crippen molar-refractivity contribution in [2.24, 2.45) is 0 Å². The number of halogens is 1. The van der Waals surface area contributed by atoms with Gasteiger partial charge in [0, 0.05) is 44.7 Å². The van der Waals surface area contributed by atoms with Crippen LogP contribution in [-0.4, -0.2) is 78.5 Å². The highest BCUT2D eigenvalue weighted by atomic mass is 19.1. The summed E-state index contributed by atoms with van der Waals surface area (Å²) in [4.78, 5) is 34.2. The number of carbonyl (C=O) groups excluding carboxylic acids is 2. The lowest BCUT2D eigenvalue weighted by atomic mass is 9.88. The summed E-state index contributed by atoms with van der Waals surface area (Å²) >= 11 is 0. The number of benzene rings is 1. The number of rotatable bonds is 4. The van der Waals surface area contributed by atoms with E-state index in [1.54, 1.807) is 15.9 Å². The van der Waals surface area contributed by atoms with Crippen molar-refractivity contribution >= 4 is 23.4 Å². The van der Waals surface area contributed by atoms with Gasteiger partial charge in [0.05, 0.1) is 24.0 Å². The van der Waals surface area contributed by atoms with Crippen molar-refractivity contribution < 1.29 is 28.2 Å². The molecule has 0 N–H and O–H groups in total. The quantitative estimate of drug-likeness (QED) is 0.532. The maximum Gasteiger partial charge on any atom is 0.410 e. The van der Waals surface area contributed by atoms with E-state index in [1.165, 1.54) is 12.3 Å². The molecule has 39 heavy (non-hydrogen) atoms. The van der Waals surface area contributed by atoms with Gasteiger partial charge in [-0.2, -0.15) is 4.39 Å². The molecule has 210 valence electrons. The normalized spacial score (nSPS) is 20.3. The minimum atomic E-state index is -0.567. The number of morpholine rings is 1. The van der Waals surface area contributed by atoms with Crippen LogP contribution in [0.15, 0.2) is 42.6 Å². The Kier molecular flexibility index (Phi) is 7.66. The number of anilines is 2. The molecule has 1 aromatic carbocycles. The van der Waals surface area contributed by atoms with Gasteiger partial charge >= 0.3 is 6.09 Å². The van der Waals surface area contributed by atoms with Crippen LogP contribution in [-0.2, 0) is 14.3 Å². The van der Waals surface area contributed by atoms with E-state index in [0.29, 0.717) is 25.3 Å². The molecule has 4 heterocycles. The number of amides is 2. The average molecular weight is 541 g/mol. The van der Waals surface area contributed by atoms with Crippen LogP contribution in [0, 0.1) is 5.95 Å². The molecule has 0 aliphatic carbocycles.